The lowest BCUT2D eigenvalue weighted by Crippen LogP contribution is -2.40. The summed E-state index contributed by atoms with van der Waals surface area (Å²) in [4.78, 5) is 0.0669. The highest BCUT2D eigenvalue weighted by molar-refractivity contribution is 7.92. The monoisotopic (exact) mass is 594 g/mol. The van der Waals surface area contributed by atoms with E-state index in [1.807, 2.05) is 26.0 Å². The third kappa shape index (κ3) is 6.63. The predicted octanol–water partition coefficient (Wildman–Crippen LogP) is 4.59. The van der Waals surface area contributed by atoms with E-state index in [0.717, 1.165) is 11.1 Å². The minimum absolute atomic E-state index is 0.0590. The number of hydrogen-bond donors (Lipinski definition) is 3. The number of ether oxygens (including phenoxy) is 1. The van der Waals surface area contributed by atoms with Crippen molar-refractivity contribution in [3.05, 3.63) is 76.8 Å². The summed E-state index contributed by atoms with van der Waals surface area (Å²) in [5.41, 5.74) is 3.22. The second kappa shape index (κ2) is 11.6. The molecule has 3 aromatic carbocycles. The maximum atomic E-state index is 13.1. The van der Waals surface area contributed by atoms with Crippen LogP contribution in [0.1, 0.15) is 11.1 Å². The van der Waals surface area contributed by atoms with Crippen LogP contribution in [0, 0.1) is 13.8 Å². The van der Waals surface area contributed by atoms with Gasteiger partial charge in [-0.1, -0.05) is 29.3 Å². The zero-order valence-corrected chi connectivity index (χ0v) is 23.9. The molecule has 0 atom stereocenters. The van der Waals surface area contributed by atoms with Crippen molar-refractivity contribution in [2.45, 2.75) is 23.6 Å². The molecular weight excluding hydrogens is 568 g/mol. The number of morpholine rings is 1. The Hall–Kier alpha value is -2.74. The molecule has 1 saturated heterocycles. The fourth-order valence-electron chi connectivity index (χ4n) is 3.85. The lowest BCUT2D eigenvalue weighted by Gasteiger charge is -2.26. The van der Waals surface area contributed by atoms with Crippen molar-refractivity contribution in [2.75, 3.05) is 41.7 Å². The molecule has 0 saturated carbocycles. The minimum Gasteiger partial charge on any atom is -0.379 e. The molecule has 4 rings (SSSR count). The molecule has 0 aliphatic carbocycles. The van der Waals surface area contributed by atoms with Gasteiger partial charge in [0.25, 0.3) is 10.0 Å². The molecular formula is C25H27ClN4O5S3. The molecule has 0 unspecified atom stereocenters. The Labute approximate surface area is 233 Å². The highest BCUT2D eigenvalue weighted by atomic mass is 35.5. The average Bonchev–Trinajstić information content (AvgIpc) is 2.87. The van der Waals surface area contributed by atoms with E-state index < -0.39 is 20.0 Å². The van der Waals surface area contributed by atoms with Crippen molar-refractivity contribution in [2.24, 2.45) is 0 Å². The van der Waals surface area contributed by atoms with E-state index in [-0.39, 0.29) is 19.9 Å². The molecule has 3 N–H and O–H groups in total. The second-order valence-corrected chi connectivity index (χ2v) is 13.1. The first-order chi connectivity index (χ1) is 18.0. The molecule has 38 heavy (non-hydrogen) atoms. The van der Waals surface area contributed by atoms with Gasteiger partial charge in [-0.05, 0) is 80.2 Å². The smallest absolute Gasteiger partial charge is 0.263 e. The van der Waals surface area contributed by atoms with E-state index in [2.05, 4.69) is 15.4 Å². The Bertz CT molecular complexity index is 1560. The summed E-state index contributed by atoms with van der Waals surface area (Å²) in [6.07, 6.45) is 0. The Kier molecular flexibility index (Phi) is 8.60. The molecule has 202 valence electrons. The normalized spacial score (nSPS) is 14.6. The van der Waals surface area contributed by atoms with Crippen molar-refractivity contribution in [1.82, 2.24) is 4.31 Å². The van der Waals surface area contributed by atoms with Crippen molar-refractivity contribution < 1.29 is 21.6 Å². The molecule has 1 aliphatic rings. The zero-order valence-electron chi connectivity index (χ0n) is 20.7. The van der Waals surface area contributed by atoms with Crippen LogP contribution in [0.3, 0.4) is 0 Å². The van der Waals surface area contributed by atoms with Gasteiger partial charge in [0.15, 0.2) is 5.11 Å². The Morgan fingerprint density at radius 3 is 2.18 bits per heavy atom. The summed E-state index contributed by atoms with van der Waals surface area (Å²) in [5.74, 6) is 0. The van der Waals surface area contributed by atoms with Crippen LogP contribution in [0.2, 0.25) is 5.02 Å². The molecule has 1 heterocycles. The van der Waals surface area contributed by atoms with Crippen LogP contribution in [0.25, 0.3) is 0 Å². The van der Waals surface area contributed by atoms with Crippen molar-refractivity contribution in [3.8, 4) is 0 Å². The van der Waals surface area contributed by atoms with Gasteiger partial charge < -0.3 is 15.4 Å². The zero-order chi connectivity index (χ0) is 27.5. The van der Waals surface area contributed by atoms with Gasteiger partial charge in [-0.3, -0.25) is 4.72 Å². The van der Waals surface area contributed by atoms with Gasteiger partial charge in [0.1, 0.15) is 4.90 Å². The predicted molar refractivity (Wildman–Crippen MR) is 154 cm³/mol. The van der Waals surface area contributed by atoms with E-state index in [9.17, 15) is 16.8 Å². The van der Waals surface area contributed by atoms with Crippen LogP contribution in [-0.4, -0.2) is 52.6 Å². The molecule has 0 amide bonds. The maximum absolute atomic E-state index is 13.1. The number of anilines is 3. The molecule has 13 heteroatoms. The van der Waals surface area contributed by atoms with Gasteiger partial charge in [-0.15, -0.1) is 0 Å². The summed E-state index contributed by atoms with van der Waals surface area (Å²) in [6, 6.07) is 16.1. The number of halogens is 1. The van der Waals surface area contributed by atoms with Crippen LogP contribution in [0.5, 0.6) is 0 Å². The van der Waals surface area contributed by atoms with Crippen LogP contribution in [0.15, 0.2) is 70.5 Å². The van der Waals surface area contributed by atoms with Crippen LogP contribution in [0.4, 0.5) is 17.1 Å². The largest absolute Gasteiger partial charge is 0.379 e. The SMILES string of the molecule is Cc1ccc(NS(=O)(=O)c2cc(NC(=S)Nc3ccc(S(=O)(=O)N4CCOCC4)cc3)ccc2Cl)c(C)c1. The maximum Gasteiger partial charge on any atom is 0.263 e. The third-order valence-corrected chi connectivity index (χ3v) is 9.79. The third-order valence-electron chi connectivity index (χ3n) is 5.82. The number of rotatable bonds is 7. The van der Waals surface area contributed by atoms with Gasteiger partial charge in [-0.2, -0.15) is 4.31 Å². The number of aryl methyl sites for hydroxylation is 2. The van der Waals surface area contributed by atoms with Gasteiger partial charge in [-0.25, -0.2) is 16.8 Å². The first-order valence-electron chi connectivity index (χ1n) is 11.6. The van der Waals surface area contributed by atoms with Gasteiger partial charge in [0.05, 0.1) is 28.8 Å². The van der Waals surface area contributed by atoms with Crippen LogP contribution < -0.4 is 15.4 Å². The summed E-state index contributed by atoms with van der Waals surface area (Å²) >= 11 is 11.6. The summed E-state index contributed by atoms with van der Waals surface area (Å²) in [5, 5.41) is 6.15. The molecule has 1 fully saturated rings. The van der Waals surface area contributed by atoms with E-state index in [1.54, 1.807) is 24.3 Å². The first kappa shape index (κ1) is 28.3. The second-order valence-electron chi connectivity index (χ2n) is 8.69. The average molecular weight is 595 g/mol. The van der Waals surface area contributed by atoms with E-state index >= 15 is 0 Å². The molecule has 0 bridgehead atoms. The summed E-state index contributed by atoms with van der Waals surface area (Å²) in [7, 11) is -7.58. The molecule has 0 aromatic heterocycles. The van der Waals surface area contributed by atoms with Crippen molar-refractivity contribution in [3.63, 3.8) is 0 Å². The molecule has 9 nitrogen and oxygen atoms in total. The van der Waals surface area contributed by atoms with Crippen LogP contribution in [-0.2, 0) is 24.8 Å². The molecule has 0 radical (unpaired) electrons. The number of benzene rings is 3. The Morgan fingerprint density at radius 1 is 0.895 bits per heavy atom. The summed E-state index contributed by atoms with van der Waals surface area (Å²) in [6.45, 7) is 5.11. The number of nitrogens with one attached hydrogen (secondary N) is 3. The molecule has 1 aliphatic heterocycles. The lowest BCUT2D eigenvalue weighted by molar-refractivity contribution is 0.0730. The fraction of sp³-hybridized carbons (Fsp3) is 0.240. The highest BCUT2D eigenvalue weighted by Crippen LogP contribution is 2.28. The standard InChI is InChI=1S/C25H27ClN4O5S3/c1-17-3-10-23(18(2)15-17)29-37(31,32)24-16-20(6-9-22(24)26)28-25(36)27-19-4-7-21(8-5-19)38(33,34)30-11-13-35-14-12-30/h3-10,15-16,29H,11-14H2,1-2H3,(H2,27,28,36). The Balaban J connectivity index is 1.44. The van der Waals surface area contributed by atoms with Gasteiger partial charge in [0.2, 0.25) is 10.0 Å². The van der Waals surface area contributed by atoms with Gasteiger partial charge >= 0.3 is 0 Å². The number of nitrogens with zero attached hydrogens (tertiary/aromatic N) is 1. The fourth-order valence-corrected chi connectivity index (χ4v) is 7.16. The summed E-state index contributed by atoms with van der Waals surface area (Å²) < 4.78 is 61.0. The van der Waals surface area contributed by atoms with E-state index in [0.29, 0.717) is 43.4 Å². The van der Waals surface area contributed by atoms with Crippen LogP contribution >= 0.6 is 23.8 Å². The molecule has 3 aromatic rings. The minimum atomic E-state index is -3.98. The Morgan fingerprint density at radius 2 is 1.53 bits per heavy atom. The van der Waals surface area contributed by atoms with Gasteiger partial charge in [0, 0.05) is 24.5 Å². The van der Waals surface area contributed by atoms with E-state index in [4.69, 9.17) is 28.6 Å². The van der Waals surface area contributed by atoms with E-state index in [1.165, 1.54) is 28.6 Å². The van der Waals surface area contributed by atoms with Crippen molar-refractivity contribution >= 4 is 66.0 Å². The first-order valence-corrected chi connectivity index (χ1v) is 15.3. The highest BCUT2D eigenvalue weighted by Gasteiger charge is 2.26. The quantitative estimate of drug-likeness (QED) is 0.340. The number of thiocarbonyl (C=S) groups is 1. The lowest BCUT2D eigenvalue weighted by atomic mass is 10.1. The van der Waals surface area contributed by atoms with Crippen molar-refractivity contribution in [1.29, 1.82) is 0 Å². The number of sulfonamides is 2. The molecule has 0 spiro atoms. The number of hydrogen-bond acceptors (Lipinski definition) is 6. The topological polar surface area (TPSA) is 117 Å².